The molecular formula is C13H27NO. The lowest BCUT2D eigenvalue weighted by molar-refractivity contribution is 0.135. The highest BCUT2D eigenvalue weighted by Crippen LogP contribution is 2.31. The molecule has 0 saturated heterocycles. The molecule has 1 aliphatic rings. The minimum Gasteiger partial charge on any atom is -0.383 e. The molecule has 0 aromatic heterocycles. The zero-order valence-electron chi connectivity index (χ0n) is 10.9. The summed E-state index contributed by atoms with van der Waals surface area (Å²) in [4.78, 5) is 0. The van der Waals surface area contributed by atoms with Gasteiger partial charge < -0.3 is 10.1 Å². The van der Waals surface area contributed by atoms with E-state index in [-0.39, 0.29) is 0 Å². The molecule has 15 heavy (non-hydrogen) atoms. The van der Waals surface area contributed by atoms with Gasteiger partial charge in [-0.1, -0.05) is 27.7 Å². The number of hydrogen-bond acceptors (Lipinski definition) is 2. The molecular weight excluding hydrogens is 186 g/mol. The van der Waals surface area contributed by atoms with Gasteiger partial charge in [0.2, 0.25) is 0 Å². The molecule has 1 saturated carbocycles. The minimum atomic E-state index is 0.507. The van der Waals surface area contributed by atoms with Gasteiger partial charge in [-0.15, -0.1) is 0 Å². The summed E-state index contributed by atoms with van der Waals surface area (Å²) in [5.41, 5.74) is 0. The van der Waals surface area contributed by atoms with Crippen LogP contribution in [0.25, 0.3) is 0 Å². The molecule has 0 aromatic carbocycles. The van der Waals surface area contributed by atoms with Gasteiger partial charge in [0, 0.05) is 19.2 Å². The Kier molecular flexibility index (Phi) is 5.07. The van der Waals surface area contributed by atoms with Gasteiger partial charge in [0.15, 0.2) is 0 Å². The monoisotopic (exact) mass is 213 g/mol. The van der Waals surface area contributed by atoms with Crippen LogP contribution in [0.3, 0.4) is 0 Å². The highest BCUT2D eigenvalue weighted by atomic mass is 16.5. The maximum absolute atomic E-state index is 5.28. The summed E-state index contributed by atoms with van der Waals surface area (Å²) in [5, 5.41) is 3.77. The molecule has 4 atom stereocenters. The van der Waals surface area contributed by atoms with E-state index >= 15 is 0 Å². The molecule has 0 radical (unpaired) electrons. The predicted octanol–water partition coefficient (Wildman–Crippen LogP) is 2.68. The van der Waals surface area contributed by atoms with Gasteiger partial charge in [-0.3, -0.25) is 0 Å². The highest BCUT2D eigenvalue weighted by Gasteiger charge is 2.31. The molecule has 90 valence electrons. The first-order chi connectivity index (χ1) is 7.06. The van der Waals surface area contributed by atoms with Gasteiger partial charge in [-0.25, -0.2) is 0 Å². The van der Waals surface area contributed by atoms with E-state index in [0.717, 1.165) is 18.4 Å². The zero-order chi connectivity index (χ0) is 11.4. The van der Waals surface area contributed by atoms with Crippen molar-refractivity contribution in [2.24, 2.45) is 17.8 Å². The third kappa shape index (κ3) is 3.46. The van der Waals surface area contributed by atoms with Gasteiger partial charge in [0.05, 0.1) is 6.61 Å². The van der Waals surface area contributed by atoms with Crippen LogP contribution >= 0.6 is 0 Å². The maximum Gasteiger partial charge on any atom is 0.0618 e. The quantitative estimate of drug-likeness (QED) is 0.758. The SMILES string of the molecule is COCC(NC1CCC(C)C1C)C(C)C. The van der Waals surface area contributed by atoms with E-state index in [2.05, 4.69) is 33.0 Å². The average Bonchev–Trinajstić information content (AvgIpc) is 2.48. The van der Waals surface area contributed by atoms with Crippen molar-refractivity contribution in [3.8, 4) is 0 Å². The first kappa shape index (κ1) is 13.0. The van der Waals surface area contributed by atoms with Crippen molar-refractivity contribution >= 4 is 0 Å². The fourth-order valence-corrected chi connectivity index (χ4v) is 2.49. The fourth-order valence-electron chi connectivity index (χ4n) is 2.49. The molecule has 2 nitrogen and oxygen atoms in total. The van der Waals surface area contributed by atoms with Gasteiger partial charge in [0.1, 0.15) is 0 Å². The molecule has 4 unspecified atom stereocenters. The lowest BCUT2D eigenvalue weighted by atomic mass is 9.96. The van der Waals surface area contributed by atoms with Crippen LogP contribution in [0.15, 0.2) is 0 Å². The number of rotatable bonds is 5. The van der Waals surface area contributed by atoms with E-state index in [9.17, 15) is 0 Å². The zero-order valence-corrected chi connectivity index (χ0v) is 10.9. The van der Waals surface area contributed by atoms with Crippen LogP contribution in [0, 0.1) is 17.8 Å². The third-order valence-electron chi connectivity index (χ3n) is 4.04. The summed E-state index contributed by atoms with van der Waals surface area (Å²) in [6.07, 6.45) is 2.70. The molecule has 0 aliphatic heterocycles. The Balaban J connectivity index is 2.44. The number of ether oxygens (including phenoxy) is 1. The average molecular weight is 213 g/mol. The molecule has 1 fully saturated rings. The first-order valence-electron chi connectivity index (χ1n) is 6.31. The van der Waals surface area contributed by atoms with Crippen LogP contribution in [0.5, 0.6) is 0 Å². The normalized spacial score (nSPS) is 33.6. The lowest BCUT2D eigenvalue weighted by Gasteiger charge is -2.28. The lowest BCUT2D eigenvalue weighted by Crippen LogP contribution is -2.45. The van der Waals surface area contributed by atoms with Crippen molar-refractivity contribution in [1.29, 1.82) is 0 Å². The first-order valence-corrected chi connectivity index (χ1v) is 6.31. The van der Waals surface area contributed by atoms with Crippen LogP contribution in [-0.4, -0.2) is 25.8 Å². The maximum atomic E-state index is 5.28. The Hall–Kier alpha value is -0.0800. The Morgan fingerprint density at radius 3 is 2.33 bits per heavy atom. The fraction of sp³-hybridized carbons (Fsp3) is 1.00. The largest absolute Gasteiger partial charge is 0.383 e. The molecule has 0 aromatic rings. The molecule has 1 aliphatic carbocycles. The van der Waals surface area contributed by atoms with E-state index in [1.165, 1.54) is 12.8 Å². The summed E-state index contributed by atoms with van der Waals surface area (Å²) < 4.78 is 5.28. The minimum absolute atomic E-state index is 0.507. The van der Waals surface area contributed by atoms with Gasteiger partial charge >= 0.3 is 0 Å². The predicted molar refractivity (Wildman–Crippen MR) is 65.0 cm³/mol. The number of nitrogens with one attached hydrogen (secondary N) is 1. The molecule has 1 rings (SSSR count). The second-order valence-electron chi connectivity index (χ2n) is 5.49. The Morgan fingerprint density at radius 1 is 1.27 bits per heavy atom. The van der Waals surface area contributed by atoms with Crippen LogP contribution in [-0.2, 0) is 4.74 Å². The number of hydrogen-bond donors (Lipinski definition) is 1. The molecule has 0 amide bonds. The van der Waals surface area contributed by atoms with Crippen LogP contribution in [0.1, 0.15) is 40.5 Å². The van der Waals surface area contributed by atoms with E-state index in [1.54, 1.807) is 7.11 Å². The van der Waals surface area contributed by atoms with Crippen LogP contribution in [0.2, 0.25) is 0 Å². The molecule has 1 N–H and O–H groups in total. The van der Waals surface area contributed by atoms with Crippen molar-refractivity contribution in [3.63, 3.8) is 0 Å². The summed E-state index contributed by atoms with van der Waals surface area (Å²) in [6.45, 7) is 10.1. The van der Waals surface area contributed by atoms with Gasteiger partial charge in [-0.05, 0) is 30.6 Å². The second kappa shape index (κ2) is 5.86. The Bertz CT molecular complexity index is 179. The molecule has 0 bridgehead atoms. The van der Waals surface area contributed by atoms with Crippen molar-refractivity contribution in [3.05, 3.63) is 0 Å². The second-order valence-corrected chi connectivity index (χ2v) is 5.49. The van der Waals surface area contributed by atoms with Crippen molar-refractivity contribution in [1.82, 2.24) is 5.32 Å². The topological polar surface area (TPSA) is 21.3 Å². The van der Waals surface area contributed by atoms with Crippen molar-refractivity contribution in [2.75, 3.05) is 13.7 Å². The van der Waals surface area contributed by atoms with E-state index in [1.807, 2.05) is 0 Å². The molecule has 0 heterocycles. The summed E-state index contributed by atoms with van der Waals surface area (Å²) >= 11 is 0. The van der Waals surface area contributed by atoms with E-state index in [0.29, 0.717) is 18.0 Å². The summed E-state index contributed by atoms with van der Waals surface area (Å²) in [6, 6.07) is 1.20. The molecule has 0 spiro atoms. The Labute approximate surface area is 94.8 Å². The standard InChI is InChI=1S/C13H27NO/c1-9(2)13(8-15-5)14-12-7-6-10(3)11(12)4/h9-14H,6-8H2,1-5H3. The molecule has 2 heteroatoms. The van der Waals surface area contributed by atoms with Crippen molar-refractivity contribution < 1.29 is 4.74 Å². The highest BCUT2D eigenvalue weighted by molar-refractivity contribution is 4.87. The third-order valence-corrected chi connectivity index (χ3v) is 4.04. The van der Waals surface area contributed by atoms with Crippen LogP contribution < -0.4 is 5.32 Å². The van der Waals surface area contributed by atoms with Crippen molar-refractivity contribution in [2.45, 2.75) is 52.6 Å². The summed E-state index contributed by atoms with van der Waals surface area (Å²) in [7, 11) is 1.79. The number of methoxy groups -OCH3 is 1. The van der Waals surface area contributed by atoms with Crippen LogP contribution in [0.4, 0.5) is 0 Å². The van der Waals surface area contributed by atoms with Gasteiger partial charge in [-0.2, -0.15) is 0 Å². The van der Waals surface area contributed by atoms with Gasteiger partial charge in [0.25, 0.3) is 0 Å². The van der Waals surface area contributed by atoms with E-state index in [4.69, 9.17) is 4.74 Å². The summed E-state index contributed by atoms with van der Waals surface area (Å²) in [5.74, 6) is 2.33. The Morgan fingerprint density at radius 2 is 1.93 bits per heavy atom. The smallest absolute Gasteiger partial charge is 0.0618 e. The van der Waals surface area contributed by atoms with E-state index < -0.39 is 0 Å².